The van der Waals surface area contributed by atoms with Crippen LogP contribution in [0.15, 0.2) is 0 Å². The van der Waals surface area contributed by atoms with E-state index in [1.54, 1.807) is 0 Å². The molecular formula is C11H15NO3. The SMILES string of the molecule is CC(=O)OC(C#N)C[C@@]1(C)CCCC1=O. The summed E-state index contributed by atoms with van der Waals surface area (Å²) < 4.78 is 4.82. The first kappa shape index (κ1) is 11.7. The van der Waals surface area contributed by atoms with Gasteiger partial charge in [0.2, 0.25) is 0 Å². The Bertz CT molecular complexity index is 318. The number of carbonyl (C=O) groups is 2. The molecule has 0 aromatic rings. The minimum Gasteiger partial charge on any atom is -0.447 e. The number of hydrogen-bond acceptors (Lipinski definition) is 4. The van der Waals surface area contributed by atoms with Gasteiger partial charge in [-0.15, -0.1) is 0 Å². The van der Waals surface area contributed by atoms with E-state index < -0.39 is 17.5 Å². The highest BCUT2D eigenvalue weighted by atomic mass is 16.5. The molecule has 1 rings (SSSR count). The third-order valence-corrected chi connectivity index (χ3v) is 2.89. The second-order valence-corrected chi connectivity index (χ2v) is 4.27. The fourth-order valence-corrected chi connectivity index (χ4v) is 2.02. The highest BCUT2D eigenvalue weighted by Crippen LogP contribution is 2.38. The van der Waals surface area contributed by atoms with E-state index in [-0.39, 0.29) is 5.78 Å². The molecule has 82 valence electrons. The van der Waals surface area contributed by atoms with E-state index in [4.69, 9.17) is 10.00 Å². The first-order valence-electron chi connectivity index (χ1n) is 5.08. The second-order valence-electron chi connectivity index (χ2n) is 4.27. The van der Waals surface area contributed by atoms with Crippen molar-refractivity contribution in [3.63, 3.8) is 0 Å². The number of ether oxygens (including phenoxy) is 1. The Morgan fingerprint density at radius 2 is 2.40 bits per heavy atom. The Hall–Kier alpha value is -1.37. The Morgan fingerprint density at radius 1 is 1.73 bits per heavy atom. The summed E-state index contributed by atoms with van der Waals surface area (Å²) in [6.07, 6.45) is 1.75. The van der Waals surface area contributed by atoms with Crippen LogP contribution in [0.3, 0.4) is 0 Å². The van der Waals surface area contributed by atoms with Crippen molar-refractivity contribution in [1.82, 2.24) is 0 Å². The summed E-state index contributed by atoms with van der Waals surface area (Å²) in [5.74, 6) is -0.300. The van der Waals surface area contributed by atoms with E-state index in [2.05, 4.69) is 0 Å². The van der Waals surface area contributed by atoms with Crippen molar-refractivity contribution >= 4 is 11.8 Å². The van der Waals surface area contributed by atoms with Crippen molar-refractivity contribution in [2.75, 3.05) is 0 Å². The van der Waals surface area contributed by atoms with Gasteiger partial charge in [-0.05, 0) is 12.8 Å². The number of esters is 1. The van der Waals surface area contributed by atoms with Crippen molar-refractivity contribution in [1.29, 1.82) is 5.26 Å². The zero-order chi connectivity index (χ0) is 11.5. The molecule has 0 spiro atoms. The molecule has 0 saturated heterocycles. The van der Waals surface area contributed by atoms with Gasteiger partial charge in [-0.3, -0.25) is 9.59 Å². The van der Waals surface area contributed by atoms with Crippen LogP contribution in [0.25, 0.3) is 0 Å². The molecule has 1 saturated carbocycles. The normalized spacial score (nSPS) is 27.1. The summed E-state index contributed by atoms with van der Waals surface area (Å²) in [6, 6.07) is 1.91. The van der Waals surface area contributed by atoms with Crippen LogP contribution in [-0.4, -0.2) is 17.9 Å². The number of carbonyl (C=O) groups excluding carboxylic acids is 2. The van der Waals surface area contributed by atoms with Gasteiger partial charge in [0.15, 0.2) is 6.10 Å². The highest BCUT2D eigenvalue weighted by Gasteiger charge is 2.39. The maximum Gasteiger partial charge on any atom is 0.303 e. The molecule has 0 amide bonds. The average Bonchev–Trinajstić information content (AvgIpc) is 2.45. The lowest BCUT2D eigenvalue weighted by atomic mass is 9.82. The van der Waals surface area contributed by atoms with Gasteiger partial charge in [0.1, 0.15) is 11.9 Å². The lowest BCUT2D eigenvalue weighted by Crippen LogP contribution is -2.29. The Balaban J connectivity index is 2.62. The molecule has 0 aromatic carbocycles. The molecule has 2 atom stereocenters. The van der Waals surface area contributed by atoms with Crippen LogP contribution in [0.1, 0.15) is 39.5 Å². The number of rotatable bonds is 3. The molecule has 0 aromatic heterocycles. The summed E-state index contributed by atoms with van der Waals surface area (Å²) in [5.41, 5.74) is -0.476. The first-order chi connectivity index (χ1) is 6.98. The second kappa shape index (κ2) is 4.43. The van der Waals surface area contributed by atoms with Crippen molar-refractivity contribution in [3.05, 3.63) is 0 Å². The zero-order valence-electron chi connectivity index (χ0n) is 9.08. The molecule has 0 aliphatic heterocycles. The summed E-state index contributed by atoms with van der Waals surface area (Å²) in [5, 5.41) is 8.80. The molecule has 1 unspecified atom stereocenters. The van der Waals surface area contributed by atoms with Crippen LogP contribution in [0.2, 0.25) is 0 Å². The van der Waals surface area contributed by atoms with Crippen LogP contribution in [-0.2, 0) is 14.3 Å². The van der Waals surface area contributed by atoms with Crippen molar-refractivity contribution in [2.45, 2.75) is 45.6 Å². The van der Waals surface area contributed by atoms with Gasteiger partial charge < -0.3 is 4.74 Å². The molecule has 0 N–H and O–H groups in total. The summed E-state index contributed by atoms with van der Waals surface area (Å²) >= 11 is 0. The first-order valence-corrected chi connectivity index (χ1v) is 5.08. The fourth-order valence-electron chi connectivity index (χ4n) is 2.02. The van der Waals surface area contributed by atoms with Crippen molar-refractivity contribution in [3.8, 4) is 6.07 Å². The average molecular weight is 209 g/mol. The van der Waals surface area contributed by atoms with E-state index in [1.165, 1.54) is 6.92 Å². The van der Waals surface area contributed by atoms with Gasteiger partial charge in [-0.1, -0.05) is 6.92 Å². The number of nitrogens with zero attached hydrogens (tertiary/aromatic N) is 1. The largest absolute Gasteiger partial charge is 0.447 e. The third-order valence-electron chi connectivity index (χ3n) is 2.89. The molecule has 4 heteroatoms. The number of nitriles is 1. The molecular weight excluding hydrogens is 194 g/mol. The minimum atomic E-state index is -0.797. The van der Waals surface area contributed by atoms with E-state index >= 15 is 0 Å². The van der Waals surface area contributed by atoms with Crippen LogP contribution >= 0.6 is 0 Å². The lowest BCUT2D eigenvalue weighted by molar-refractivity contribution is -0.146. The van der Waals surface area contributed by atoms with Crippen LogP contribution < -0.4 is 0 Å². The van der Waals surface area contributed by atoms with Gasteiger partial charge in [-0.25, -0.2) is 0 Å². The van der Waals surface area contributed by atoms with Crippen LogP contribution in [0.5, 0.6) is 0 Å². The van der Waals surface area contributed by atoms with Gasteiger partial charge in [0.25, 0.3) is 0 Å². The Morgan fingerprint density at radius 3 is 2.80 bits per heavy atom. The maximum absolute atomic E-state index is 11.6. The van der Waals surface area contributed by atoms with Gasteiger partial charge in [0, 0.05) is 25.2 Å². The molecule has 0 heterocycles. The molecule has 0 bridgehead atoms. The van der Waals surface area contributed by atoms with Gasteiger partial charge in [-0.2, -0.15) is 5.26 Å². The predicted octanol–water partition coefficient (Wildman–Crippen LogP) is 1.59. The Labute approximate surface area is 89.2 Å². The number of Topliss-reactive ketones (excluding diaryl/α,β-unsaturated/α-hetero) is 1. The van der Waals surface area contributed by atoms with Gasteiger partial charge in [0.05, 0.1) is 0 Å². The maximum atomic E-state index is 11.6. The third kappa shape index (κ3) is 2.79. The molecule has 0 radical (unpaired) electrons. The topological polar surface area (TPSA) is 67.2 Å². The molecule has 15 heavy (non-hydrogen) atoms. The Kier molecular flexibility index (Phi) is 3.46. The van der Waals surface area contributed by atoms with Crippen LogP contribution in [0, 0.1) is 16.7 Å². The van der Waals surface area contributed by atoms with E-state index in [9.17, 15) is 9.59 Å². The van der Waals surface area contributed by atoms with Gasteiger partial charge >= 0.3 is 5.97 Å². The van der Waals surface area contributed by atoms with E-state index in [0.29, 0.717) is 12.8 Å². The highest BCUT2D eigenvalue weighted by molar-refractivity contribution is 5.86. The zero-order valence-corrected chi connectivity index (χ0v) is 9.08. The standard InChI is InChI=1S/C11H15NO3/c1-8(13)15-9(7-12)6-11(2)5-3-4-10(11)14/h9H,3-6H2,1-2H3/t9?,11-/m1/s1. The quantitative estimate of drug-likeness (QED) is 0.662. The predicted molar refractivity (Wildman–Crippen MR) is 52.7 cm³/mol. The summed E-state index contributed by atoms with van der Waals surface area (Å²) in [7, 11) is 0. The fraction of sp³-hybridized carbons (Fsp3) is 0.727. The van der Waals surface area contributed by atoms with Crippen molar-refractivity contribution in [2.24, 2.45) is 5.41 Å². The van der Waals surface area contributed by atoms with Crippen LogP contribution in [0.4, 0.5) is 0 Å². The van der Waals surface area contributed by atoms with E-state index in [1.807, 2.05) is 13.0 Å². The number of hydrogen-bond donors (Lipinski definition) is 0. The molecule has 1 fully saturated rings. The molecule has 1 aliphatic rings. The molecule has 1 aliphatic carbocycles. The number of ketones is 1. The smallest absolute Gasteiger partial charge is 0.303 e. The van der Waals surface area contributed by atoms with Crippen molar-refractivity contribution < 1.29 is 14.3 Å². The monoisotopic (exact) mass is 209 g/mol. The lowest BCUT2D eigenvalue weighted by Gasteiger charge is -2.23. The summed E-state index contributed by atoms with van der Waals surface area (Å²) in [6.45, 7) is 3.11. The summed E-state index contributed by atoms with van der Waals surface area (Å²) in [4.78, 5) is 22.3. The molecule has 4 nitrogen and oxygen atoms in total. The minimum absolute atomic E-state index is 0.176. The van der Waals surface area contributed by atoms with E-state index in [0.717, 1.165) is 12.8 Å².